The Morgan fingerprint density at radius 3 is 2.49 bits per heavy atom. The van der Waals surface area contributed by atoms with Crippen molar-refractivity contribution in [3.05, 3.63) is 22.1 Å². The second kappa shape index (κ2) is 8.77. The number of carbonyl (C=O) groups is 1. The quantitative estimate of drug-likeness (QED) is 0.400. The van der Waals surface area contributed by atoms with E-state index in [1.54, 1.807) is 22.5 Å². The Bertz CT molecular complexity index is 1320. The lowest BCUT2D eigenvalue weighted by atomic mass is 9.88. The van der Waals surface area contributed by atoms with Crippen LogP contribution in [0.25, 0.3) is 21.7 Å². The number of carbonyl (C=O) groups excluding carboxylic acids is 1. The minimum Gasteiger partial charge on any atom is -0.444 e. The molecule has 0 saturated carbocycles. The van der Waals surface area contributed by atoms with Crippen LogP contribution in [-0.2, 0) is 4.74 Å². The van der Waals surface area contributed by atoms with E-state index in [2.05, 4.69) is 25.9 Å². The van der Waals surface area contributed by atoms with Gasteiger partial charge in [0, 0.05) is 24.7 Å². The van der Waals surface area contributed by atoms with E-state index in [-0.39, 0.29) is 45.5 Å². The van der Waals surface area contributed by atoms with E-state index < -0.39 is 17.3 Å². The zero-order chi connectivity index (χ0) is 26.9. The molecule has 0 radical (unpaired) electrons. The minimum atomic E-state index is -3.91. The lowest BCUT2D eigenvalue weighted by Crippen LogP contribution is -2.70. The zero-order valence-corrected chi connectivity index (χ0v) is 23.3. The van der Waals surface area contributed by atoms with E-state index >= 15 is 0 Å². The molecule has 2 aromatic heterocycles. The lowest BCUT2D eigenvalue weighted by molar-refractivity contribution is -0.276. The summed E-state index contributed by atoms with van der Waals surface area (Å²) in [5.74, 6) is -0.255. The van der Waals surface area contributed by atoms with Crippen molar-refractivity contribution >= 4 is 50.5 Å². The number of piperidine rings is 1. The lowest BCUT2D eigenvalue weighted by Gasteiger charge is -2.55. The van der Waals surface area contributed by atoms with Crippen LogP contribution < -0.4 is 9.64 Å². The maximum Gasteiger partial charge on any atom is 0.426 e. The van der Waals surface area contributed by atoms with Crippen molar-refractivity contribution in [1.29, 1.82) is 0 Å². The number of fused-ring (bicyclic) bond motifs is 3. The number of aromatic nitrogens is 2. The molecule has 13 heteroatoms. The summed E-state index contributed by atoms with van der Waals surface area (Å²) in [4.78, 5) is 25.1. The van der Waals surface area contributed by atoms with Crippen LogP contribution in [0, 0.1) is 0 Å². The predicted octanol–water partition coefficient (Wildman–Crippen LogP) is 5.65. The maximum atomic E-state index is 14.7. The number of nitrogens with zero attached hydrogens (tertiary/aromatic N) is 4. The maximum absolute atomic E-state index is 14.7. The van der Waals surface area contributed by atoms with Crippen LogP contribution in [0.5, 0.6) is 5.75 Å². The van der Waals surface area contributed by atoms with Crippen molar-refractivity contribution < 1.29 is 32.6 Å². The molecule has 2 unspecified atom stereocenters. The van der Waals surface area contributed by atoms with Crippen molar-refractivity contribution in [3.8, 4) is 16.3 Å². The first-order chi connectivity index (χ1) is 17.1. The van der Waals surface area contributed by atoms with Gasteiger partial charge in [-0.2, -0.15) is 13.8 Å². The standard InChI is InChI=1S/C24H27BrF2N4O5S/c1-22(2,3)36-21(32)31-12-8-13(31)11-30(10-12)20-29-16-17(34-20)14(19-28-6-7-37-19)9-15(25)18(16)35-24(26,27)23(4,5)33/h6-7,9,12-13,33H,8,10-11H2,1-5H3. The number of piperazine rings is 1. The first kappa shape index (κ1) is 26.1. The molecule has 0 aliphatic carbocycles. The van der Waals surface area contributed by atoms with Crippen LogP contribution in [0.2, 0.25) is 0 Å². The Kier molecular flexibility index (Phi) is 6.19. The van der Waals surface area contributed by atoms with Crippen LogP contribution in [0.3, 0.4) is 0 Å². The predicted molar refractivity (Wildman–Crippen MR) is 137 cm³/mol. The number of thiazole rings is 1. The normalized spacial score (nSPS) is 20.2. The van der Waals surface area contributed by atoms with E-state index in [0.717, 1.165) is 20.3 Å². The average molecular weight is 601 g/mol. The highest BCUT2D eigenvalue weighted by atomic mass is 79.9. The number of oxazole rings is 1. The second-order valence-corrected chi connectivity index (χ2v) is 12.5. The molecule has 3 fully saturated rings. The molecule has 1 aromatic carbocycles. The molecule has 6 rings (SSSR count). The molecule has 1 amide bonds. The fraction of sp³-hybridized carbons (Fsp3) is 0.542. The number of halogens is 3. The first-order valence-electron chi connectivity index (χ1n) is 11.7. The number of hydrogen-bond acceptors (Lipinski definition) is 9. The molecule has 0 spiro atoms. The summed E-state index contributed by atoms with van der Waals surface area (Å²) in [6.07, 6.45) is -1.80. The summed E-state index contributed by atoms with van der Waals surface area (Å²) in [6, 6.07) is 1.65. The Morgan fingerprint density at radius 2 is 1.92 bits per heavy atom. The summed E-state index contributed by atoms with van der Waals surface area (Å²) >= 11 is 4.69. The van der Waals surface area contributed by atoms with Gasteiger partial charge in [0.25, 0.3) is 6.01 Å². The highest BCUT2D eigenvalue weighted by Gasteiger charge is 2.51. The van der Waals surface area contributed by atoms with Crippen LogP contribution in [0.15, 0.2) is 26.5 Å². The molecule has 2 bridgehead atoms. The number of anilines is 1. The Hall–Kier alpha value is -2.51. The van der Waals surface area contributed by atoms with Gasteiger partial charge in [-0.25, -0.2) is 9.78 Å². The van der Waals surface area contributed by atoms with Crippen LogP contribution >= 0.6 is 27.3 Å². The molecule has 9 nitrogen and oxygen atoms in total. The molecule has 3 saturated heterocycles. The van der Waals surface area contributed by atoms with E-state index in [1.807, 2.05) is 25.7 Å². The number of rotatable bonds is 5. The highest BCUT2D eigenvalue weighted by Crippen LogP contribution is 2.46. The Morgan fingerprint density at radius 1 is 1.24 bits per heavy atom. The van der Waals surface area contributed by atoms with Crippen molar-refractivity contribution in [2.45, 2.75) is 70.4 Å². The number of aliphatic hydroxyl groups is 1. The Labute approximate surface area is 224 Å². The van der Waals surface area contributed by atoms with Crippen molar-refractivity contribution in [3.63, 3.8) is 0 Å². The average Bonchev–Trinajstić information content (AvgIpc) is 3.44. The highest BCUT2D eigenvalue weighted by molar-refractivity contribution is 9.10. The van der Waals surface area contributed by atoms with Gasteiger partial charge in [-0.3, -0.25) is 4.90 Å². The molecule has 5 heterocycles. The smallest absolute Gasteiger partial charge is 0.426 e. The van der Waals surface area contributed by atoms with Gasteiger partial charge in [0.1, 0.15) is 10.6 Å². The molecule has 1 N–H and O–H groups in total. The van der Waals surface area contributed by atoms with E-state index in [9.17, 15) is 18.7 Å². The van der Waals surface area contributed by atoms with Crippen LogP contribution in [0.1, 0.15) is 41.0 Å². The number of amides is 1. The second-order valence-electron chi connectivity index (χ2n) is 10.8. The minimum absolute atomic E-state index is 0.0711. The van der Waals surface area contributed by atoms with Gasteiger partial charge in [0.2, 0.25) is 0 Å². The summed E-state index contributed by atoms with van der Waals surface area (Å²) in [7, 11) is 0. The molecule has 3 aromatic rings. The van der Waals surface area contributed by atoms with Gasteiger partial charge in [-0.05, 0) is 63.0 Å². The third-order valence-corrected chi connectivity index (χ3v) is 7.63. The van der Waals surface area contributed by atoms with E-state index in [0.29, 0.717) is 23.7 Å². The van der Waals surface area contributed by atoms with Crippen LogP contribution in [-0.4, -0.2) is 68.6 Å². The van der Waals surface area contributed by atoms with Gasteiger partial charge in [0.05, 0.1) is 22.1 Å². The van der Waals surface area contributed by atoms with Gasteiger partial charge >= 0.3 is 12.2 Å². The van der Waals surface area contributed by atoms with Crippen molar-refractivity contribution in [1.82, 2.24) is 14.9 Å². The first-order valence-corrected chi connectivity index (χ1v) is 13.4. The van der Waals surface area contributed by atoms with E-state index in [1.165, 1.54) is 11.3 Å². The van der Waals surface area contributed by atoms with Gasteiger partial charge in [-0.15, -0.1) is 11.3 Å². The molecule has 200 valence electrons. The summed E-state index contributed by atoms with van der Waals surface area (Å²) in [6.45, 7) is 8.30. The fourth-order valence-corrected chi connectivity index (χ4v) is 5.54. The summed E-state index contributed by atoms with van der Waals surface area (Å²) in [5, 5.41) is 12.4. The van der Waals surface area contributed by atoms with E-state index in [4.69, 9.17) is 13.9 Å². The fourth-order valence-electron chi connectivity index (χ4n) is 4.40. The molecule has 3 aliphatic rings. The van der Waals surface area contributed by atoms with Gasteiger partial charge in [0.15, 0.2) is 22.5 Å². The Balaban J connectivity index is 1.50. The molecular weight excluding hydrogens is 574 g/mol. The molecule has 2 atom stereocenters. The van der Waals surface area contributed by atoms with Crippen molar-refractivity contribution in [2.75, 3.05) is 18.0 Å². The number of hydrogen-bond donors (Lipinski definition) is 1. The molecule has 3 aliphatic heterocycles. The number of benzene rings is 1. The van der Waals surface area contributed by atoms with Crippen molar-refractivity contribution in [2.24, 2.45) is 0 Å². The third-order valence-electron chi connectivity index (χ3n) is 6.24. The van der Waals surface area contributed by atoms with Gasteiger partial charge in [-0.1, -0.05) is 0 Å². The largest absolute Gasteiger partial charge is 0.444 e. The molecule has 37 heavy (non-hydrogen) atoms. The zero-order valence-electron chi connectivity index (χ0n) is 20.9. The summed E-state index contributed by atoms with van der Waals surface area (Å²) in [5.41, 5.74) is -2.17. The monoisotopic (exact) mass is 600 g/mol. The molecular formula is C24H27BrF2N4O5S. The number of ether oxygens (including phenoxy) is 2. The third kappa shape index (κ3) is 4.76. The van der Waals surface area contributed by atoms with Crippen LogP contribution in [0.4, 0.5) is 19.6 Å². The number of alkyl halides is 2. The SMILES string of the molecule is CC(C)(C)OC(=O)N1C2CC1CN(c1nc3c(OC(F)(F)C(C)(C)O)c(Br)cc(-c4nccs4)c3o1)C2. The summed E-state index contributed by atoms with van der Waals surface area (Å²) < 4.78 is 46.4. The van der Waals surface area contributed by atoms with Gasteiger partial charge < -0.3 is 23.9 Å². The topological polar surface area (TPSA) is 101 Å².